The van der Waals surface area contributed by atoms with Gasteiger partial charge in [0.15, 0.2) is 0 Å². The Bertz CT molecular complexity index is 1180. The molecule has 0 saturated heterocycles. The minimum absolute atomic E-state index is 0.393. The Morgan fingerprint density at radius 1 is 0.900 bits per heavy atom. The van der Waals surface area contributed by atoms with Gasteiger partial charge in [0, 0.05) is 17.3 Å². The molecule has 0 fully saturated rings. The molecular formula is C23H16Cl2N4O. The summed E-state index contributed by atoms with van der Waals surface area (Å²) in [5.74, 6) is -0.393. The van der Waals surface area contributed by atoms with Gasteiger partial charge < -0.3 is 0 Å². The first-order chi connectivity index (χ1) is 14.6. The van der Waals surface area contributed by atoms with Crippen LogP contribution in [-0.2, 0) is 0 Å². The van der Waals surface area contributed by atoms with Gasteiger partial charge in [0.1, 0.15) is 5.69 Å². The summed E-state index contributed by atoms with van der Waals surface area (Å²) in [6.07, 6.45) is 3.11. The van der Waals surface area contributed by atoms with E-state index in [-0.39, 0.29) is 0 Å². The number of nitrogens with one attached hydrogen (secondary N) is 1. The third-order valence-electron chi connectivity index (χ3n) is 4.39. The molecule has 0 atom stereocenters. The van der Waals surface area contributed by atoms with Crippen LogP contribution in [-0.4, -0.2) is 21.9 Å². The summed E-state index contributed by atoms with van der Waals surface area (Å²) >= 11 is 12.3. The second-order valence-electron chi connectivity index (χ2n) is 6.37. The molecule has 5 nitrogen and oxygen atoms in total. The molecule has 4 rings (SSSR count). The number of rotatable bonds is 5. The molecule has 0 aliphatic heterocycles. The molecule has 0 bridgehead atoms. The van der Waals surface area contributed by atoms with Crippen molar-refractivity contribution in [2.75, 3.05) is 0 Å². The normalized spacial score (nSPS) is 11.0. The number of aromatic nitrogens is 2. The fourth-order valence-corrected chi connectivity index (χ4v) is 3.41. The molecule has 3 aromatic carbocycles. The number of amides is 1. The molecule has 1 aromatic heterocycles. The van der Waals surface area contributed by atoms with Gasteiger partial charge in [-0.3, -0.25) is 4.79 Å². The summed E-state index contributed by atoms with van der Waals surface area (Å²) in [5, 5.41) is 9.55. The van der Waals surface area contributed by atoms with E-state index in [1.54, 1.807) is 29.1 Å². The van der Waals surface area contributed by atoms with Crippen LogP contribution in [0.2, 0.25) is 10.0 Å². The van der Waals surface area contributed by atoms with Crippen LogP contribution in [0, 0.1) is 0 Å². The van der Waals surface area contributed by atoms with Gasteiger partial charge in [-0.15, -0.1) is 0 Å². The average Bonchev–Trinajstić information content (AvgIpc) is 3.23. The van der Waals surface area contributed by atoms with Crippen molar-refractivity contribution in [3.8, 4) is 16.9 Å². The van der Waals surface area contributed by atoms with Crippen molar-refractivity contribution in [2.24, 2.45) is 5.10 Å². The lowest BCUT2D eigenvalue weighted by molar-refractivity contribution is 0.0955. The molecule has 1 N–H and O–H groups in total. The molecule has 1 amide bonds. The Balaban J connectivity index is 1.66. The molecule has 148 valence electrons. The highest BCUT2D eigenvalue weighted by atomic mass is 35.5. The van der Waals surface area contributed by atoms with Gasteiger partial charge in [0.05, 0.1) is 27.5 Å². The first-order valence-electron chi connectivity index (χ1n) is 9.11. The highest BCUT2D eigenvalue weighted by Crippen LogP contribution is 2.24. The van der Waals surface area contributed by atoms with Crippen molar-refractivity contribution in [3.05, 3.63) is 106 Å². The number of nitrogens with zero attached hydrogens (tertiary/aromatic N) is 3. The van der Waals surface area contributed by atoms with Gasteiger partial charge in [0.25, 0.3) is 5.91 Å². The summed E-state index contributed by atoms with van der Waals surface area (Å²) in [6.45, 7) is 0. The van der Waals surface area contributed by atoms with Crippen LogP contribution in [0.15, 0.2) is 90.2 Å². The minimum atomic E-state index is -0.393. The van der Waals surface area contributed by atoms with Crippen molar-refractivity contribution >= 4 is 35.3 Å². The summed E-state index contributed by atoms with van der Waals surface area (Å²) < 4.78 is 1.67. The molecule has 1 heterocycles. The van der Waals surface area contributed by atoms with Gasteiger partial charge in [-0.1, -0.05) is 77.8 Å². The number of halogens is 2. The first-order valence-corrected chi connectivity index (χ1v) is 9.87. The number of carbonyl (C=O) groups excluding carboxylic acids is 1. The van der Waals surface area contributed by atoms with Crippen LogP contribution < -0.4 is 5.43 Å². The standard InChI is InChI=1S/C23H16Cl2N4O/c24-20-12-7-13-21(25)18(20)14-26-27-23(30)19-15-29(17-10-5-2-6-11-17)28-22(19)16-8-3-1-4-9-16/h1-15H,(H,27,30)/b26-14+. The van der Waals surface area contributed by atoms with E-state index in [9.17, 15) is 4.79 Å². The van der Waals surface area contributed by atoms with E-state index in [1.807, 2.05) is 60.7 Å². The quantitative estimate of drug-likeness (QED) is 0.327. The fraction of sp³-hybridized carbons (Fsp3) is 0. The van der Waals surface area contributed by atoms with Gasteiger partial charge in [-0.05, 0) is 24.3 Å². The summed E-state index contributed by atoms with van der Waals surface area (Å²) in [4.78, 5) is 12.9. The molecule has 4 aromatic rings. The van der Waals surface area contributed by atoms with Crippen LogP contribution in [0.5, 0.6) is 0 Å². The van der Waals surface area contributed by atoms with Crippen molar-refractivity contribution < 1.29 is 4.79 Å². The lowest BCUT2D eigenvalue weighted by Crippen LogP contribution is -2.18. The maximum Gasteiger partial charge on any atom is 0.275 e. The average molecular weight is 435 g/mol. The molecule has 7 heteroatoms. The van der Waals surface area contributed by atoms with E-state index in [4.69, 9.17) is 23.2 Å². The van der Waals surface area contributed by atoms with E-state index >= 15 is 0 Å². The van der Waals surface area contributed by atoms with Crippen LogP contribution in [0.3, 0.4) is 0 Å². The molecule has 0 saturated carbocycles. The zero-order valence-corrected chi connectivity index (χ0v) is 17.2. The number of hydrazone groups is 1. The van der Waals surface area contributed by atoms with Crippen molar-refractivity contribution in [1.82, 2.24) is 15.2 Å². The first kappa shape index (κ1) is 19.9. The lowest BCUT2D eigenvalue weighted by atomic mass is 10.1. The third kappa shape index (κ3) is 4.27. The van der Waals surface area contributed by atoms with E-state index in [0.29, 0.717) is 26.9 Å². The second-order valence-corrected chi connectivity index (χ2v) is 7.19. The highest BCUT2D eigenvalue weighted by Gasteiger charge is 2.18. The highest BCUT2D eigenvalue weighted by molar-refractivity contribution is 6.38. The topological polar surface area (TPSA) is 59.3 Å². The Labute approximate surface area is 183 Å². The molecule has 30 heavy (non-hydrogen) atoms. The van der Waals surface area contributed by atoms with Gasteiger partial charge in [-0.25, -0.2) is 10.1 Å². The van der Waals surface area contributed by atoms with Crippen molar-refractivity contribution in [2.45, 2.75) is 0 Å². The van der Waals surface area contributed by atoms with Crippen LogP contribution in [0.25, 0.3) is 16.9 Å². The lowest BCUT2D eigenvalue weighted by Gasteiger charge is -2.02. The zero-order valence-electron chi connectivity index (χ0n) is 15.7. The maximum absolute atomic E-state index is 12.9. The predicted molar refractivity (Wildman–Crippen MR) is 121 cm³/mol. The Morgan fingerprint density at radius 3 is 2.20 bits per heavy atom. The molecule has 0 aliphatic rings. The summed E-state index contributed by atoms with van der Waals surface area (Å²) in [7, 11) is 0. The van der Waals surface area contributed by atoms with Gasteiger partial charge >= 0.3 is 0 Å². The largest absolute Gasteiger partial charge is 0.275 e. The van der Waals surface area contributed by atoms with E-state index in [2.05, 4.69) is 15.6 Å². The zero-order chi connectivity index (χ0) is 20.9. The third-order valence-corrected chi connectivity index (χ3v) is 5.05. The van der Waals surface area contributed by atoms with Crippen molar-refractivity contribution in [3.63, 3.8) is 0 Å². The number of hydrogen-bond acceptors (Lipinski definition) is 3. The van der Waals surface area contributed by atoms with Gasteiger partial charge in [0.2, 0.25) is 0 Å². The Kier molecular flexibility index (Phi) is 5.93. The molecule has 0 unspecified atom stereocenters. The van der Waals surface area contributed by atoms with Crippen LogP contribution >= 0.6 is 23.2 Å². The van der Waals surface area contributed by atoms with E-state index < -0.39 is 5.91 Å². The summed E-state index contributed by atoms with van der Waals surface area (Å²) in [5.41, 5.74) is 5.70. The van der Waals surface area contributed by atoms with Crippen LogP contribution in [0.1, 0.15) is 15.9 Å². The molecule has 0 radical (unpaired) electrons. The number of carbonyl (C=O) groups is 1. The van der Waals surface area contributed by atoms with E-state index in [1.165, 1.54) is 6.21 Å². The second kappa shape index (κ2) is 8.95. The molecule has 0 spiro atoms. The maximum atomic E-state index is 12.9. The predicted octanol–water partition coefficient (Wildman–Crippen LogP) is 5.61. The monoisotopic (exact) mass is 434 g/mol. The Morgan fingerprint density at radius 2 is 1.53 bits per heavy atom. The van der Waals surface area contributed by atoms with Crippen LogP contribution in [0.4, 0.5) is 0 Å². The number of hydrogen-bond donors (Lipinski definition) is 1. The smallest absolute Gasteiger partial charge is 0.267 e. The van der Waals surface area contributed by atoms with E-state index in [0.717, 1.165) is 11.3 Å². The minimum Gasteiger partial charge on any atom is -0.267 e. The summed E-state index contributed by atoms with van der Waals surface area (Å²) in [6, 6.07) is 24.2. The van der Waals surface area contributed by atoms with Crippen molar-refractivity contribution in [1.29, 1.82) is 0 Å². The molecular weight excluding hydrogens is 419 g/mol. The number of para-hydroxylation sites is 1. The Hall–Kier alpha value is -3.41. The van der Waals surface area contributed by atoms with Gasteiger partial charge in [-0.2, -0.15) is 10.2 Å². The molecule has 0 aliphatic carbocycles. The fourth-order valence-electron chi connectivity index (χ4n) is 2.91. The number of benzene rings is 3. The SMILES string of the molecule is O=C(N/N=C/c1c(Cl)cccc1Cl)c1cn(-c2ccccc2)nc1-c1ccccc1.